The van der Waals surface area contributed by atoms with Crippen molar-refractivity contribution in [2.24, 2.45) is 5.73 Å². The van der Waals surface area contributed by atoms with Gasteiger partial charge in [0.25, 0.3) is 0 Å². The van der Waals surface area contributed by atoms with E-state index in [1.54, 1.807) is 24.2 Å². The lowest BCUT2D eigenvalue weighted by Crippen LogP contribution is -2.35. The number of fused-ring (bicyclic) bond motifs is 2. The molecule has 2 aromatic carbocycles. The molecule has 0 fully saturated rings. The highest BCUT2D eigenvalue weighted by Crippen LogP contribution is 2.49. The molecule has 1 atom stereocenters. The van der Waals surface area contributed by atoms with Crippen molar-refractivity contribution in [1.29, 1.82) is 0 Å². The summed E-state index contributed by atoms with van der Waals surface area (Å²) in [7, 11) is 0. The fraction of sp³-hybridized carbons (Fsp3) is 0.278. The van der Waals surface area contributed by atoms with E-state index in [1.807, 2.05) is 0 Å². The predicted molar refractivity (Wildman–Crippen MR) is 92.0 cm³/mol. The first-order valence-electron chi connectivity index (χ1n) is 7.82. The fourth-order valence-electron chi connectivity index (χ4n) is 3.51. The van der Waals surface area contributed by atoms with Gasteiger partial charge in [-0.2, -0.15) is 0 Å². The average molecular weight is 327 g/mol. The Morgan fingerprint density at radius 2 is 2.17 bits per heavy atom. The van der Waals surface area contributed by atoms with Crippen LogP contribution in [0.1, 0.15) is 24.0 Å². The summed E-state index contributed by atoms with van der Waals surface area (Å²) in [6.07, 6.45) is 4.78. The van der Waals surface area contributed by atoms with Crippen LogP contribution in [-0.4, -0.2) is 16.5 Å². The number of benzene rings is 2. The standard InChI is InChI=1S/C18H18FN3S/c19-13-8-15-17(22-11-21-15)16(9-13)23-18(10-20)7-3-5-12-4-1-2-6-14(12)18/h1-2,4,6,8-9,11H,3,5,7,10,20H2,(H,21,22). The molecule has 1 aromatic heterocycles. The van der Waals surface area contributed by atoms with Crippen LogP contribution >= 0.6 is 11.8 Å². The molecule has 3 aromatic rings. The number of hydrogen-bond acceptors (Lipinski definition) is 3. The minimum Gasteiger partial charge on any atom is -0.344 e. The second-order valence-electron chi connectivity index (χ2n) is 6.01. The molecule has 0 amide bonds. The molecule has 0 bridgehead atoms. The molecular formula is C18H18FN3S. The summed E-state index contributed by atoms with van der Waals surface area (Å²) in [4.78, 5) is 8.21. The Balaban J connectivity index is 1.84. The molecule has 23 heavy (non-hydrogen) atoms. The largest absolute Gasteiger partial charge is 0.344 e. The Morgan fingerprint density at radius 1 is 1.30 bits per heavy atom. The van der Waals surface area contributed by atoms with Crippen LogP contribution in [0.25, 0.3) is 11.0 Å². The SMILES string of the molecule is NCC1(Sc2cc(F)cc3[nH]cnc23)CCCc2ccccc21. The summed E-state index contributed by atoms with van der Waals surface area (Å²) >= 11 is 1.66. The van der Waals surface area contributed by atoms with Gasteiger partial charge in [-0.25, -0.2) is 9.37 Å². The van der Waals surface area contributed by atoms with E-state index >= 15 is 0 Å². The van der Waals surface area contributed by atoms with Gasteiger partial charge in [0.15, 0.2) is 0 Å². The molecule has 3 nitrogen and oxygen atoms in total. The summed E-state index contributed by atoms with van der Waals surface area (Å²) in [6.45, 7) is 0.525. The third kappa shape index (κ3) is 2.44. The second kappa shape index (κ2) is 5.65. The molecule has 3 N–H and O–H groups in total. The van der Waals surface area contributed by atoms with Gasteiger partial charge in [-0.15, -0.1) is 11.8 Å². The number of nitrogens with zero attached hydrogens (tertiary/aromatic N) is 1. The number of aromatic nitrogens is 2. The van der Waals surface area contributed by atoms with Gasteiger partial charge in [-0.1, -0.05) is 24.3 Å². The van der Waals surface area contributed by atoms with E-state index in [1.165, 1.54) is 17.2 Å². The minimum atomic E-state index is -0.250. The highest BCUT2D eigenvalue weighted by atomic mass is 32.2. The summed E-state index contributed by atoms with van der Waals surface area (Å²) < 4.78 is 13.7. The number of nitrogens with one attached hydrogen (secondary N) is 1. The van der Waals surface area contributed by atoms with Crippen molar-refractivity contribution in [3.05, 3.63) is 59.7 Å². The topological polar surface area (TPSA) is 54.7 Å². The van der Waals surface area contributed by atoms with Crippen LogP contribution in [0.4, 0.5) is 4.39 Å². The number of aromatic amines is 1. The van der Waals surface area contributed by atoms with Crippen LogP contribution in [0.15, 0.2) is 47.6 Å². The molecule has 0 aliphatic heterocycles. The first-order valence-corrected chi connectivity index (χ1v) is 8.64. The Hall–Kier alpha value is -1.85. The third-order valence-corrected chi connectivity index (χ3v) is 6.14. The van der Waals surface area contributed by atoms with E-state index in [2.05, 4.69) is 34.2 Å². The van der Waals surface area contributed by atoms with Crippen molar-refractivity contribution >= 4 is 22.8 Å². The van der Waals surface area contributed by atoms with E-state index < -0.39 is 0 Å². The summed E-state index contributed by atoms with van der Waals surface area (Å²) in [5, 5.41) is 0. The fourth-order valence-corrected chi connectivity index (χ4v) is 5.00. The molecule has 118 valence electrons. The predicted octanol–water partition coefficient (Wildman–Crippen LogP) is 3.98. The van der Waals surface area contributed by atoms with Gasteiger partial charge in [-0.3, -0.25) is 0 Å². The maximum Gasteiger partial charge on any atom is 0.126 e. The van der Waals surface area contributed by atoms with Gasteiger partial charge in [0, 0.05) is 11.4 Å². The Morgan fingerprint density at radius 3 is 3.04 bits per heavy atom. The van der Waals surface area contributed by atoms with Crippen molar-refractivity contribution in [3.63, 3.8) is 0 Å². The molecule has 1 aliphatic carbocycles. The van der Waals surface area contributed by atoms with E-state index in [0.717, 1.165) is 35.2 Å². The van der Waals surface area contributed by atoms with Gasteiger partial charge < -0.3 is 10.7 Å². The van der Waals surface area contributed by atoms with Crippen molar-refractivity contribution < 1.29 is 4.39 Å². The highest BCUT2D eigenvalue weighted by molar-refractivity contribution is 8.00. The third-order valence-electron chi connectivity index (χ3n) is 4.62. The van der Waals surface area contributed by atoms with Crippen molar-refractivity contribution in [3.8, 4) is 0 Å². The van der Waals surface area contributed by atoms with Crippen LogP contribution < -0.4 is 5.73 Å². The molecule has 5 heteroatoms. The maximum absolute atomic E-state index is 14.0. The normalized spacial score (nSPS) is 20.6. The summed E-state index contributed by atoms with van der Waals surface area (Å²) in [6, 6.07) is 11.5. The number of thioether (sulfide) groups is 1. The van der Waals surface area contributed by atoms with Gasteiger partial charge in [-0.05, 0) is 42.5 Å². The number of hydrogen-bond donors (Lipinski definition) is 2. The minimum absolute atomic E-state index is 0.214. The molecule has 0 saturated carbocycles. The number of H-pyrrole nitrogens is 1. The molecule has 1 heterocycles. The van der Waals surface area contributed by atoms with Crippen molar-refractivity contribution in [2.75, 3.05) is 6.54 Å². The van der Waals surface area contributed by atoms with Gasteiger partial charge in [0.2, 0.25) is 0 Å². The van der Waals surface area contributed by atoms with Gasteiger partial charge >= 0.3 is 0 Å². The molecule has 0 spiro atoms. The Labute approximate surface area is 138 Å². The molecule has 0 saturated heterocycles. The Bertz CT molecular complexity index is 860. The maximum atomic E-state index is 14.0. The zero-order valence-corrected chi connectivity index (χ0v) is 13.5. The number of rotatable bonds is 3. The van der Waals surface area contributed by atoms with Crippen LogP contribution in [0.2, 0.25) is 0 Å². The molecule has 1 unspecified atom stereocenters. The summed E-state index contributed by atoms with van der Waals surface area (Å²) in [5.74, 6) is -0.250. The number of imidazole rings is 1. The average Bonchev–Trinajstić information content (AvgIpc) is 3.03. The summed E-state index contributed by atoms with van der Waals surface area (Å²) in [5.41, 5.74) is 10.4. The van der Waals surface area contributed by atoms with Gasteiger partial charge in [0.1, 0.15) is 11.3 Å². The monoisotopic (exact) mass is 327 g/mol. The van der Waals surface area contributed by atoms with Crippen LogP contribution in [0.5, 0.6) is 0 Å². The molecular weight excluding hydrogens is 309 g/mol. The Kier molecular flexibility index (Phi) is 3.62. The number of halogens is 1. The smallest absolute Gasteiger partial charge is 0.126 e. The zero-order valence-electron chi connectivity index (χ0n) is 12.7. The van der Waals surface area contributed by atoms with Crippen molar-refractivity contribution in [2.45, 2.75) is 28.9 Å². The number of aryl methyl sites for hydroxylation is 1. The van der Waals surface area contributed by atoms with E-state index in [4.69, 9.17) is 5.73 Å². The second-order valence-corrected chi connectivity index (χ2v) is 7.44. The van der Waals surface area contributed by atoms with Gasteiger partial charge in [0.05, 0.1) is 16.6 Å². The molecule has 4 rings (SSSR count). The highest BCUT2D eigenvalue weighted by Gasteiger charge is 2.37. The lowest BCUT2D eigenvalue weighted by Gasteiger charge is -2.37. The zero-order chi connectivity index (χ0) is 15.9. The van der Waals surface area contributed by atoms with E-state index in [-0.39, 0.29) is 10.6 Å². The molecule has 0 radical (unpaired) electrons. The first-order chi connectivity index (χ1) is 11.2. The van der Waals surface area contributed by atoms with E-state index in [9.17, 15) is 4.39 Å². The quantitative estimate of drug-likeness (QED) is 0.765. The lowest BCUT2D eigenvalue weighted by atomic mass is 9.82. The van der Waals surface area contributed by atoms with Crippen LogP contribution in [0, 0.1) is 5.82 Å². The lowest BCUT2D eigenvalue weighted by molar-refractivity contribution is 0.515. The van der Waals surface area contributed by atoms with Crippen molar-refractivity contribution in [1.82, 2.24) is 9.97 Å². The molecule has 1 aliphatic rings. The van der Waals surface area contributed by atoms with E-state index in [0.29, 0.717) is 6.54 Å². The van der Waals surface area contributed by atoms with Crippen LogP contribution in [0.3, 0.4) is 0 Å². The number of nitrogens with two attached hydrogens (primary N) is 1. The van der Waals surface area contributed by atoms with Crippen LogP contribution in [-0.2, 0) is 11.2 Å². The first kappa shape index (κ1) is 14.7.